The molecule has 17 nitrogen and oxygen atoms in total. The molecule has 3 heterocycles. The van der Waals surface area contributed by atoms with Gasteiger partial charge in [0.15, 0.2) is 5.84 Å². The zero-order valence-electron chi connectivity index (χ0n) is 39.1. The molecule has 3 amide bonds. The molecule has 0 fully saturated rings. The second kappa shape index (κ2) is 22.6. The fraction of sp³-hybridized carbons (Fsp3) is 0.396. The third-order valence-electron chi connectivity index (χ3n) is 11.9. The molecule has 0 unspecified atom stereocenters. The summed E-state index contributed by atoms with van der Waals surface area (Å²) in [6.07, 6.45) is 15.5. The molecule has 0 radical (unpaired) electrons. The van der Waals surface area contributed by atoms with E-state index in [1.54, 1.807) is 25.1 Å². The molecular weight excluding hydrogens is 970 g/mol. The van der Waals surface area contributed by atoms with Crippen molar-refractivity contribution in [1.29, 1.82) is 0 Å². The Morgan fingerprint density at radius 2 is 1.54 bits per heavy atom. The molecule has 0 spiro atoms. The van der Waals surface area contributed by atoms with Crippen molar-refractivity contribution in [3.8, 4) is 0 Å². The van der Waals surface area contributed by atoms with Crippen LogP contribution in [0.2, 0.25) is 0 Å². The number of imide groups is 1. The summed E-state index contributed by atoms with van der Waals surface area (Å²) >= 11 is 6.50. The van der Waals surface area contributed by atoms with E-state index in [1.807, 2.05) is 81.2 Å². The first-order valence-corrected chi connectivity index (χ1v) is 27.2. The first-order chi connectivity index (χ1) is 32.2. The number of anilines is 1. The Kier molecular flexibility index (Phi) is 17.9. The van der Waals surface area contributed by atoms with Gasteiger partial charge in [0.25, 0.3) is 42.2 Å². The van der Waals surface area contributed by atoms with Gasteiger partial charge in [0.2, 0.25) is 5.91 Å². The predicted molar refractivity (Wildman–Crippen MR) is 268 cm³/mol. The van der Waals surface area contributed by atoms with Gasteiger partial charge in [0.05, 0.1) is 22.1 Å². The first-order valence-electron chi connectivity index (χ1n) is 22.2. The highest BCUT2D eigenvalue weighted by atomic mass is 35.5. The summed E-state index contributed by atoms with van der Waals surface area (Å²) in [5.74, 6) is -1.67. The number of carbonyl (C=O) groups is 3. The number of aryl methyl sites for hydroxylation is 1. The molecule has 372 valence electrons. The minimum Gasteiger partial charge on any atom is -0.354 e. The Hall–Kier alpha value is -5.35. The van der Waals surface area contributed by atoms with Gasteiger partial charge in [-0.05, 0) is 97.7 Å². The molecule has 4 N–H and O–H groups in total. The fourth-order valence-electron chi connectivity index (χ4n) is 8.11. The lowest BCUT2D eigenvalue weighted by Gasteiger charge is -2.27. The van der Waals surface area contributed by atoms with E-state index in [0.717, 1.165) is 16.0 Å². The van der Waals surface area contributed by atoms with E-state index in [0.29, 0.717) is 63.9 Å². The largest absolute Gasteiger partial charge is 0.354 e. The van der Waals surface area contributed by atoms with Gasteiger partial charge in [-0.15, -0.1) is 0 Å². The molecule has 0 aliphatic carbocycles. The molecule has 3 aliphatic heterocycles. The van der Waals surface area contributed by atoms with Gasteiger partial charge in [-0.25, -0.2) is 4.99 Å². The third kappa shape index (κ3) is 14.8. The number of nitrogens with one attached hydrogen (secondary N) is 1. The van der Waals surface area contributed by atoms with Crippen molar-refractivity contribution in [2.45, 2.75) is 83.5 Å². The molecule has 2 aromatic rings. The van der Waals surface area contributed by atoms with Crippen molar-refractivity contribution >= 4 is 82.5 Å². The standard InChI is InChI=1S/C48H58ClN5O12S3/c1-6-36(49)31-39-46(51-24-10-28-67(58,59)60)52-41(47(39,2)3)20-16-34(35-14-9-13-33(30-35)12-7-8-15-43(55)50-25-27-54-44(56)22-23-45(54)57)17-21-42-48(4,5)38-32-37(69(64,65)66)18-19-40(38)53(42)26-11-29-68(61,62)63/h6,9,13-14,16-23,30-32H,7-8,10-12,15,24-29H2,1-5H3,(H,50,55)(H,58,59,60)(H,61,62,63)(H,64,65,66)/b20-16+,34-17-,36-6+,39-31?,42-21+,51-46?. The number of fused-ring (bicyclic) bond motifs is 1. The van der Waals surface area contributed by atoms with Crippen LogP contribution >= 0.6 is 11.6 Å². The van der Waals surface area contributed by atoms with E-state index in [1.165, 1.54) is 24.3 Å². The van der Waals surface area contributed by atoms with Crippen LogP contribution in [0.3, 0.4) is 0 Å². The van der Waals surface area contributed by atoms with Gasteiger partial charge >= 0.3 is 0 Å². The number of rotatable bonds is 22. The first kappa shape index (κ1) is 54.6. The second-order valence-corrected chi connectivity index (χ2v) is 22.7. The molecule has 2 aromatic carbocycles. The lowest BCUT2D eigenvalue weighted by molar-refractivity contribution is -0.137. The van der Waals surface area contributed by atoms with Crippen LogP contribution in [0, 0.1) is 5.41 Å². The summed E-state index contributed by atoms with van der Waals surface area (Å²) in [6, 6.07) is 12.0. The number of aliphatic imine (C=N–C) groups is 2. The van der Waals surface area contributed by atoms with Crippen LogP contribution in [0.5, 0.6) is 0 Å². The maximum Gasteiger partial charge on any atom is 0.294 e. The van der Waals surface area contributed by atoms with Crippen molar-refractivity contribution in [3.63, 3.8) is 0 Å². The van der Waals surface area contributed by atoms with E-state index in [2.05, 4.69) is 10.3 Å². The van der Waals surface area contributed by atoms with E-state index in [-0.39, 0.29) is 56.2 Å². The van der Waals surface area contributed by atoms with Crippen molar-refractivity contribution in [1.82, 2.24) is 10.2 Å². The van der Waals surface area contributed by atoms with E-state index in [4.69, 9.17) is 16.6 Å². The van der Waals surface area contributed by atoms with Crippen LogP contribution in [-0.4, -0.2) is 111 Å². The predicted octanol–water partition coefficient (Wildman–Crippen LogP) is 6.81. The number of carbonyl (C=O) groups excluding carboxylic acids is 3. The summed E-state index contributed by atoms with van der Waals surface area (Å²) in [4.78, 5) is 48.3. The maximum absolute atomic E-state index is 12.6. The molecule has 0 bridgehead atoms. The van der Waals surface area contributed by atoms with Crippen LogP contribution in [0.1, 0.15) is 83.4 Å². The molecule has 69 heavy (non-hydrogen) atoms. The van der Waals surface area contributed by atoms with E-state index in [9.17, 15) is 53.3 Å². The number of allylic oxidation sites excluding steroid dienone is 9. The van der Waals surface area contributed by atoms with Crippen molar-refractivity contribution in [2.24, 2.45) is 15.4 Å². The normalized spacial score (nSPS) is 19.2. The van der Waals surface area contributed by atoms with Crippen LogP contribution in [0.15, 0.2) is 122 Å². The van der Waals surface area contributed by atoms with Gasteiger partial charge in [-0.1, -0.05) is 81.8 Å². The average Bonchev–Trinajstić information content (AvgIpc) is 3.79. The number of amides is 3. The number of amidine groups is 1. The highest BCUT2D eigenvalue weighted by Crippen LogP contribution is 2.49. The number of hydrogen-bond donors (Lipinski definition) is 4. The average molecular weight is 1030 g/mol. The van der Waals surface area contributed by atoms with Gasteiger partial charge in [-0.2, -0.15) is 25.3 Å². The van der Waals surface area contributed by atoms with Crippen molar-refractivity contribution in [2.75, 3.05) is 42.6 Å². The zero-order chi connectivity index (χ0) is 51.0. The maximum atomic E-state index is 12.6. The van der Waals surface area contributed by atoms with E-state index < -0.39 is 64.5 Å². The van der Waals surface area contributed by atoms with Crippen LogP contribution in [0.4, 0.5) is 5.69 Å². The van der Waals surface area contributed by atoms with Gasteiger partial charge in [0.1, 0.15) is 0 Å². The molecule has 21 heteroatoms. The Morgan fingerprint density at radius 3 is 2.19 bits per heavy atom. The summed E-state index contributed by atoms with van der Waals surface area (Å²) in [6.45, 7) is 9.86. The Labute approximate surface area is 409 Å². The summed E-state index contributed by atoms with van der Waals surface area (Å²) in [5, 5.41) is 3.19. The fourth-order valence-corrected chi connectivity index (χ4v) is 9.71. The lowest BCUT2D eigenvalue weighted by Crippen LogP contribution is -2.38. The van der Waals surface area contributed by atoms with Crippen molar-refractivity contribution < 1.29 is 53.3 Å². The van der Waals surface area contributed by atoms with Gasteiger partial charge in [0, 0.05) is 77.6 Å². The molecular formula is C48H58ClN5O12S3. The minimum absolute atomic E-state index is 0.0337. The molecule has 5 rings (SSSR count). The smallest absolute Gasteiger partial charge is 0.294 e. The van der Waals surface area contributed by atoms with Crippen LogP contribution in [-0.2, 0) is 56.6 Å². The number of unbranched alkanes of at least 4 members (excludes halogenated alkanes) is 1. The monoisotopic (exact) mass is 1030 g/mol. The topological polar surface area (TPSA) is 258 Å². The molecule has 0 aromatic heterocycles. The Bertz CT molecular complexity index is 2930. The highest BCUT2D eigenvalue weighted by molar-refractivity contribution is 7.86. The summed E-state index contributed by atoms with van der Waals surface area (Å²) < 4.78 is 99.6. The molecule has 0 atom stereocenters. The minimum atomic E-state index is -4.57. The quantitative estimate of drug-likeness (QED) is 0.0410. The Morgan fingerprint density at radius 1 is 0.855 bits per heavy atom. The second-order valence-electron chi connectivity index (χ2n) is 17.7. The van der Waals surface area contributed by atoms with Gasteiger partial charge < -0.3 is 10.2 Å². The SMILES string of the molecule is C/C=C(/Cl)C=C1C(=NCCCS(=O)(=O)O)N=C(/C=C/C(=C/C=C2/N(CCCS(=O)(=O)O)c3ccc(S(=O)(=O)O)cc3C2(C)C)c2cccc(CCCCC(=O)NCCN3C(=O)C=CC3=O)c2)C1(C)C. The number of halogens is 1. The molecule has 0 saturated carbocycles. The zero-order valence-corrected chi connectivity index (χ0v) is 42.3. The highest BCUT2D eigenvalue weighted by Gasteiger charge is 2.41. The van der Waals surface area contributed by atoms with Crippen LogP contribution in [0.25, 0.3) is 5.57 Å². The summed E-state index contributed by atoms with van der Waals surface area (Å²) in [7, 11) is -13.1. The number of benzene rings is 2. The van der Waals surface area contributed by atoms with Gasteiger partial charge in [-0.3, -0.25) is 37.9 Å². The molecule has 3 aliphatic rings. The summed E-state index contributed by atoms with van der Waals surface area (Å²) in [5.41, 5.74) is 3.95. The lowest BCUT2D eigenvalue weighted by atomic mass is 9.80. The number of hydrogen-bond acceptors (Lipinski definition) is 11. The Balaban J connectivity index is 1.51. The number of nitrogens with zero attached hydrogens (tertiary/aromatic N) is 4. The van der Waals surface area contributed by atoms with Crippen molar-refractivity contribution in [3.05, 3.63) is 124 Å². The van der Waals surface area contributed by atoms with Crippen LogP contribution < -0.4 is 10.2 Å². The molecule has 0 saturated heterocycles. The third-order valence-corrected chi connectivity index (χ3v) is 14.7. The van der Waals surface area contributed by atoms with E-state index >= 15 is 0 Å².